The molecule has 6 heteroatoms. The largest absolute Gasteiger partial charge is 0.326 e. The number of amides is 1. The van der Waals surface area contributed by atoms with Crippen LogP contribution in [0.3, 0.4) is 0 Å². The zero-order valence-corrected chi connectivity index (χ0v) is 17.5. The molecule has 2 aromatic carbocycles. The summed E-state index contributed by atoms with van der Waals surface area (Å²) >= 11 is 0. The van der Waals surface area contributed by atoms with E-state index in [9.17, 15) is 13.2 Å². The van der Waals surface area contributed by atoms with Crippen LogP contribution in [0, 0.1) is 5.92 Å². The Morgan fingerprint density at radius 2 is 1.79 bits per heavy atom. The Morgan fingerprint density at radius 1 is 1.03 bits per heavy atom. The summed E-state index contributed by atoms with van der Waals surface area (Å²) in [6, 6.07) is 14.1. The van der Waals surface area contributed by atoms with Crippen LogP contribution in [0.25, 0.3) is 0 Å². The van der Waals surface area contributed by atoms with Crippen molar-refractivity contribution in [2.75, 3.05) is 16.2 Å². The average Bonchev–Trinajstić information content (AvgIpc) is 3.26. The number of fused-ring (bicyclic) bond motifs is 1. The van der Waals surface area contributed by atoms with Gasteiger partial charge in [0.25, 0.3) is 10.0 Å². The van der Waals surface area contributed by atoms with E-state index in [1.807, 2.05) is 24.3 Å². The first kappa shape index (κ1) is 20.0. The van der Waals surface area contributed by atoms with Crippen molar-refractivity contribution in [2.24, 2.45) is 5.92 Å². The Hall–Kier alpha value is -2.34. The zero-order chi connectivity index (χ0) is 20.3. The van der Waals surface area contributed by atoms with Gasteiger partial charge in [0.1, 0.15) is 0 Å². The highest BCUT2D eigenvalue weighted by atomic mass is 32.2. The Balaban J connectivity index is 1.47. The summed E-state index contributed by atoms with van der Waals surface area (Å²) in [5, 5.41) is 2.99. The third kappa shape index (κ3) is 4.47. The van der Waals surface area contributed by atoms with Crippen molar-refractivity contribution >= 4 is 27.3 Å². The molecule has 0 unspecified atom stereocenters. The van der Waals surface area contributed by atoms with Crippen molar-refractivity contribution in [3.05, 3.63) is 54.1 Å². The topological polar surface area (TPSA) is 66.5 Å². The van der Waals surface area contributed by atoms with Gasteiger partial charge in [-0.05, 0) is 61.1 Å². The summed E-state index contributed by atoms with van der Waals surface area (Å²) in [5.41, 5.74) is 2.42. The molecule has 1 saturated carbocycles. The first-order valence-corrected chi connectivity index (χ1v) is 12.0. The van der Waals surface area contributed by atoms with Crippen molar-refractivity contribution in [3.63, 3.8) is 0 Å². The van der Waals surface area contributed by atoms with Gasteiger partial charge in [0.2, 0.25) is 5.91 Å². The van der Waals surface area contributed by atoms with E-state index in [2.05, 4.69) is 5.32 Å². The smallest absolute Gasteiger partial charge is 0.264 e. The Kier molecular flexibility index (Phi) is 5.90. The van der Waals surface area contributed by atoms with E-state index in [4.69, 9.17) is 0 Å². The van der Waals surface area contributed by atoms with E-state index >= 15 is 0 Å². The Bertz CT molecular complexity index is 967. The number of carbonyl (C=O) groups excluding carboxylic acids is 1. The van der Waals surface area contributed by atoms with Gasteiger partial charge < -0.3 is 5.32 Å². The lowest BCUT2D eigenvalue weighted by molar-refractivity contribution is -0.116. The number of anilines is 2. The van der Waals surface area contributed by atoms with E-state index in [0.29, 0.717) is 29.5 Å². The molecular weight excluding hydrogens is 384 g/mol. The number of sulfonamides is 1. The van der Waals surface area contributed by atoms with Crippen LogP contribution in [0.4, 0.5) is 11.4 Å². The summed E-state index contributed by atoms with van der Waals surface area (Å²) in [4.78, 5) is 12.6. The highest BCUT2D eigenvalue weighted by Gasteiger charge is 2.29. The van der Waals surface area contributed by atoms with Crippen LogP contribution in [0.1, 0.15) is 50.5 Å². The molecule has 154 valence electrons. The standard InChI is InChI=1S/C23H28N2O3S/c26-23(15-12-18-7-4-5-8-18)24-20-13-14-22-19(17-20)9-6-16-25(22)29(27,28)21-10-2-1-3-11-21/h1-3,10-11,13-14,17-18H,4-9,12,15-16H2,(H,24,26). The lowest BCUT2D eigenvalue weighted by Gasteiger charge is -2.31. The Labute approximate surface area is 173 Å². The number of benzene rings is 2. The number of hydrogen-bond acceptors (Lipinski definition) is 3. The van der Waals surface area contributed by atoms with Gasteiger partial charge in [-0.15, -0.1) is 0 Å². The van der Waals surface area contributed by atoms with Crippen LogP contribution in [0.5, 0.6) is 0 Å². The van der Waals surface area contributed by atoms with Crippen LogP contribution in [0.2, 0.25) is 0 Å². The van der Waals surface area contributed by atoms with Gasteiger partial charge in [-0.2, -0.15) is 0 Å². The van der Waals surface area contributed by atoms with Gasteiger partial charge >= 0.3 is 0 Å². The molecule has 29 heavy (non-hydrogen) atoms. The van der Waals surface area contributed by atoms with Crippen molar-refractivity contribution in [2.45, 2.75) is 56.3 Å². The molecule has 2 aliphatic rings. The van der Waals surface area contributed by atoms with Crippen molar-refractivity contribution in [1.29, 1.82) is 0 Å². The fourth-order valence-corrected chi connectivity index (χ4v) is 6.03. The number of rotatable bonds is 6. The number of nitrogens with zero attached hydrogens (tertiary/aromatic N) is 1. The molecule has 2 aromatic rings. The SMILES string of the molecule is O=C(CCC1CCCC1)Nc1ccc2c(c1)CCCN2S(=O)(=O)c1ccccc1. The fraction of sp³-hybridized carbons (Fsp3) is 0.435. The van der Waals surface area contributed by atoms with E-state index in [0.717, 1.165) is 30.5 Å². The Morgan fingerprint density at radius 3 is 2.55 bits per heavy atom. The van der Waals surface area contributed by atoms with Crippen molar-refractivity contribution in [3.8, 4) is 0 Å². The fourth-order valence-electron chi connectivity index (χ4n) is 4.47. The van der Waals surface area contributed by atoms with Crippen LogP contribution < -0.4 is 9.62 Å². The van der Waals surface area contributed by atoms with Crippen molar-refractivity contribution < 1.29 is 13.2 Å². The monoisotopic (exact) mass is 412 g/mol. The van der Waals surface area contributed by atoms with Crippen LogP contribution in [-0.2, 0) is 21.2 Å². The second-order valence-electron chi connectivity index (χ2n) is 8.07. The number of aryl methyl sites for hydroxylation is 1. The second kappa shape index (κ2) is 8.57. The molecule has 1 amide bonds. The highest BCUT2D eigenvalue weighted by molar-refractivity contribution is 7.92. The molecule has 1 heterocycles. The predicted molar refractivity (Wildman–Crippen MR) is 116 cm³/mol. The van der Waals surface area contributed by atoms with Gasteiger partial charge in [-0.25, -0.2) is 8.42 Å². The molecule has 1 N–H and O–H groups in total. The van der Waals surface area contributed by atoms with Gasteiger partial charge in [0, 0.05) is 18.7 Å². The van der Waals surface area contributed by atoms with Gasteiger partial charge in [0.05, 0.1) is 10.6 Å². The normalized spacial score (nSPS) is 17.2. The molecule has 0 bridgehead atoms. The first-order valence-electron chi connectivity index (χ1n) is 10.5. The lowest BCUT2D eigenvalue weighted by Crippen LogP contribution is -2.35. The summed E-state index contributed by atoms with van der Waals surface area (Å²) in [6.07, 6.45) is 8.16. The molecule has 0 atom stereocenters. The molecule has 5 nitrogen and oxygen atoms in total. The lowest BCUT2D eigenvalue weighted by atomic mass is 10.0. The minimum Gasteiger partial charge on any atom is -0.326 e. The maximum Gasteiger partial charge on any atom is 0.264 e. The van der Waals surface area contributed by atoms with Gasteiger partial charge in [0.15, 0.2) is 0 Å². The summed E-state index contributed by atoms with van der Waals surface area (Å²) in [7, 11) is -3.58. The van der Waals surface area contributed by atoms with Crippen LogP contribution in [0.15, 0.2) is 53.4 Å². The maximum absolute atomic E-state index is 13.1. The molecule has 1 aliphatic heterocycles. The highest BCUT2D eigenvalue weighted by Crippen LogP contribution is 2.34. The number of hydrogen-bond donors (Lipinski definition) is 1. The van der Waals surface area contributed by atoms with E-state index in [1.54, 1.807) is 24.3 Å². The maximum atomic E-state index is 13.1. The van der Waals surface area contributed by atoms with E-state index < -0.39 is 10.0 Å². The molecule has 0 spiro atoms. The minimum absolute atomic E-state index is 0.0430. The van der Waals surface area contributed by atoms with Crippen LogP contribution in [-0.4, -0.2) is 20.9 Å². The van der Waals surface area contributed by atoms with E-state index in [1.165, 1.54) is 30.0 Å². The molecular formula is C23H28N2O3S. The summed E-state index contributed by atoms with van der Waals surface area (Å²) in [6.45, 7) is 0.470. The first-order chi connectivity index (χ1) is 14.0. The summed E-state index contributed by atoms with van der Waals surface area (Å²) < 4.78 is 27.7. The minimum atomic E-state index is -3.58. The quantitative estimate of drug-likeness (QED) is 0.745. The van der Waals surface area contributed by atoms with Crippen molar-refractivity contribution in [1.82, 2.24) is 0 Å². The van der Waals surface area contributed by atoms with E-state index in [-0.39, 0.29) is 5.91 Å². The van der Waals surface area contributed by atoms with Gasteiger partial charge in [-0.1, -0.05) is 43.9 Å². The molecule has 4 rings (SSSR count). The molecule has 1 aliphatic carbocycles. The number of nitrogens with one attached hydrogen (secondary N) is 1. The summed E-state index contributed by atoms with van der Waals surface area (Å²) in [5.74, 6) is 0.738. The zero-order valence-electron chi connectivity index (χ0n) is 16.6. The third-order valence-corrected chi connectivity index (χ3v) is 7.85. The third-order valence-electron chi connectivity index (χ3n) is 6.02. The molecule has 0 radical (unpaired) electrons. The van der Waals surface area contributed by atoms with Gasteiger partial charge in [-0.3, -0.25) is 9.10 Å². The van der Waals surface area contributed by atoms with Crippen LogP contribution >= 0.6 is 0 Å². The number of carbonyl (C=O) groups is 1. The molecule has 0 saturated heterocycles. The average molecular weight is 413 g/mol. The predicted octanol–water partition coefficient (Wildman–Crippen LogP) is 4.74. The second-order valence-corrected chi connectivity index (χ2v) is 9.94. The molecule has 1 fully saturated rings. The molecule has 0 aromatic heterocycles.